The van der Waals surface area contributed by atoms with Gasteiger partial charge in [0.2, 0.25) is 0 Å². The fraction of sp³-hybridized carbons (Fsp3) is 0.636. The van der Waals surface area contributed by atoms with Gasteiger partial charge in [-0.3, -0.25) is 9.78 Å². The Morgan fingerprint density at radius 2 is 2.04 bits per heavy atom. The predicted octanol–water partition coefficient (Wildman–Crippen LogP) is 6.16. The first kappa shape index (κ1) is 23.6. The number of carboxylic acids is 1. The summed E-state index contributed by atoms with van der Waals surface area (Å²) in [5.74, 6) is -0.306. The van der Waals surface area contributed by atoms with Crippen molar-refractivity contribution < 1.29 is 14.3 Å². The smallest absolute Gasteiger partial charge is 0.303 e. The van der Waals surface area contributed by atoms with Crippen LogP contribution in [0, 0.1) is 5.92 Å². The van der Waals surface area contributed by atoms with Crippen LogP contribution in [0.15, 0.2) is 30.6 Å². The molecule has 0 fully saturated rings. The Kier molecular flexibility index (Phi) is 9.95. The zero-order valence-electron chi connectivity index (χ0n) is 17.7. The van der Waals surface area contributed by atoms with E-state index >= 15 is 0 Å². The summed E-state index contributed by atoms with van der Waals surface area (Å²) in [5.41, 5.74) is 1.08. The third-order valence-corrected chi connectivity index (χ3v) is 10.0. The number of carbonyl (C=O) groups is 1. The molecule has 0 spiro atoms. The molecule has 5 heteroatoms. The maximum Gasteiger partial charge on any atom is 0.303 e. The van der Waals surface area contributed by atoms with Gasteiger partial charge >= 0.3 is 5.97 Å². The van der Waals surface area contributed by atoms with Gasteiger partial charge in [-0.2, -0.15) is 0 Å². The minimum absolute atomic E-state index is 0.242. The Balaban J connectivity index is 2.41. The van der Waals surface area contributed by atoms with Crippen LogP contribution in [0.2, 0.25) is 18.1 Å². The number of pyridine rings is 1. The van der Waals surface area contributed by atoms with Crippen LogP contribution in [0.4, 0.5) is 0 Å². The molecule has 0 aromatic carbocycles. The molecule has 1 N–H and O–H groups in total. The number of aliphatic carboxylic acids is 1. The Morgan fingerprint density at radius 3 is 2.63 bits per heavy atom. The number of allylic oxidation sites excluding steroid dienone is 1. The van der Waals surface area contributed by atoms with E-state index in [0.29, 0.717) is 5.92 Å². The fourth-order valence-electron chi connectivity index (χ4n) is 2.66. The van der Waals surface area contributed by atoms with Gasteiger partial charge in [0.05, 0.1) is 0 Å². The highest BCUT2D eigenvalue weighted by atomic mass is 28.4. The number of rotatable bonds is 12. The molecule has 152 valence electrons. The Labute approximate surface area is 166 Å². The summed E-state index contributed by atoms with van der Waals surface area (Å²) in [6, 6.07) is 3.94. The number of nitrogens with zero attached hydrogens (tertiary/aromatic N) is 1. The largest absolute Gasteiger partial charge is 0.481 e. The predicted molar refractivity (Wildman–Crippen MR) is 115 cm³/mol. The summed E-state index contributed by atoms with van der Waals surface area (Å²) < 4.78 is 6.24. The van der Waals surface area contributed by atoms with Crippen LogP contribution >= 0.6 is 0 Å². The summed E-state index contributed by atoms with van der Waals surface area (Å²) in [4.78, 5) is 15.0. The van der Waals surface area contributed by atoms with Crippen molar-refractivity contribution >= 4 is 20.4 Å². The Morgan fingerprint density at radius 1 is 1.30 bits per heavy atom. The third kappa shape index (κ3) is 9.87. The van der Waals surface area contributed by atoms with Crippen molar-refractivity contribution in [3.63, 3.8) is 0 Å². The second kappa shape index (κ2) is 11.4. The third-order valence-electron chi connectivity index (χ3n) is 5.51. The topological polar surface area (TPSA) is 59.4 Å². The molecule has 0 aliphatic carbocycles. The molecule has 0 amide bonds. The maximum atomic E-state index is 10.9. The van der Waals surface area contributed by atoms with Gasteiger partial charge in [-0.25, -0.2) is 0 Å². The van der Waals surface area contributed by atoms with Crippen LogP contribution in [-0.2, 0) is 9.22 Å². The Hall–Kier alpha value is -1.46. The van der Waals surface area contributed by atoms with E-state index in [0.717, 1.165) is 44.3 Å². The standard InChI is InChI=1S/C22H37NO3Si/c1-22(2,3)27(4,5)26-17-7-6-10-19(14-15-21(24)25)11-8-12-20-13-9-16-23-18-20/h8-9,12-13,16,18-19H,6-7,10-11,14-15,17H2,1-5H3,(H,24,25)/t19-/m1/s1. The summed E-state index contributed by atoms with van der Waals surface area (Å²) in [5, 5.41) is 9.24. The summed E-state index contributed by atoms with van der Waals surface area (Å²) in [6.07, 6.45) is 12.9. The highest BCUT2D eigenvalue weighted by Gasteiger charge is 2.36. The van der Waals surface area contributed by atoms with Gasteiger partial charge in [0.15, 0.2) is 8.32 Å². The molecule has 0 bridgehead atoms. The quantitative estimate of drug-likeness (QED) is 0.342. The molecule has 0 saturated carbocycles. The molecule has 1 atom stereocenters. The van der Waals surface area contributed by atoms with Gasteiger partial charge in [-0.1, -0.05) is 51.8 Å². The van der Waals surface area contributed by atoms with E-state index in [2.05, 4.69) is 51.0 Å². The molecule has 0 aliphatic heterocycles. The van der Waals surface area contributed by atoms with Gasteiger partial charge in [-0.15, -0.1) is 0 Å². The van der Waals surface area contributed by atoms with E-state index < -0.39 is 14.3 Å². The van der Waals surface area contributed by atoms with Crippen molar-refractivity contribution in [3.05, 3.63) is 36.2 Å². The van der Waals surface area contributed by atoms with Crippen molar-refractivity contribution in [2.75, 3.05) is 6.61 Å². The fourth-order valence-corrected chi connectivity index (χ4v) is 3.75. The minimum Gasteiger partial charge on any atom is -0.481 e. The first-order valence-corrected chi connectivity index (χ1v) is 12.9. The maximum absolute atomic E-state index is 10.9. The highest BCUT2D eigenvalue weighted by Crippen LogP contribution is 2.36. The van der Waals surface area contributed by atoms with E-state index in [1.54, 1.807) is 6.20 Å². The lowest BCUT2D eigenvalue weighted by Crippen LogP contribution is -2.40. The lowest BCUT2D eigenvalue weighted by Gasteiger charge is -2.36. The number of hydrogen-bond acceptors (Lipinski definition) is 3. The molecule has 0 unspecified atom stereocenters. The van der Waals surface area contributed by atoms with Crippen LogP contribution < -0.4 is 0 Å². The van der Waals surface area contributed by atoms with Crippen molar-refractivity contribution in [2.24, 2.45) is 5.92 Å². The van der Waals surface area contributed by atoms with Gasteiger partial charge < -0.3 is 9.53 Å². The number of aromatic nitrogens is 1. The second-order valence-electron chi connectivity index (χ2n) is 8.83. The van der Waals surface area contributed by atoms with Crippen LogP contribution in [0.25, 0.3) is 6.08 Å². The van der Waals surface area contributed by atoms with Gasteiger partial charge in [0.1, 0.15) is 0 Å². The molecule has 0 saturated heterocycles. The molecule has 27 heavy (non-hydrogen) atoms. The van der Waals surface area contributed by atoms with E-state index in [9.17, 15) is 4.79 Å². The summed E-state index contributed by atoms with van der Waals surface area (Å²) in [7, 11) is -1.67. The zero-order valence-corrected chi connectivity index (χ0v) is 18.7. The van der Waals surface area contributed by atoms with Gasteiger partial charge in [0.25, 0.3) is 0 Å². The molecule has 1 aromatic heterocycles. The summed E-state index contributed by atoms with van der Waals surface area (Å²) in [6.45, 7) is 12.2. The van der Waals surface area contributed by atoms with Crippen molar-refractivity contribution in [2.45, 2.75) is 77.4 Å². The number of unbranched alkanes of at least 4 members (excludes halogenated alkanes) is 1. The molecule has 0 aliphatic rings. The van der Waals surface area contributed by atoms with Crippen LogP contribution in [0.1, 0.15) is 64.9 Å². The number of hydrogen-bond donors (Lipinski definition) is 1. The van der Waals surface area contributed by atoms with E-state index in [1.165, 1.54) is 0 Å². The highest BCUT2D eigenvalue weighted by molar-refractivity contribution is 6.74. The lowest BCUT2D eigenvalue weighted by atomic mass is 9.93. The monoisotopic (exact) mass is 391 g/mol. The normalized spacial score (nSPS) is 13.8. The molecular weight excluding hydrogens is 354 g/mol. The van der Waals surface area contributed by atoms with Crippen LogP contribution in [-0.4, -0.2) is 31.0 Å². The van der Waals surface area contributed by atoms with Crippen LogP contribution in [0.3, 0.4) is 0 Å². The average molecular weight is 392 g/mol. The molecule has 1 heterocycles. The van der Waals surface area contributed by atoms with Gasteiger partial charge in [0, 0.05) is 25.4 Å². The zero-order chi connectivity index (χ0) is 20.3. The minimum atomic E-state index is -1.67. The molecule has 0 radical (unpaired) electrons. The van der Waals surface area contributed by atoms with E-state index in [1.807, 2.05) is 18.3 Å². The lowest BCUT2D eigenvalue weighted by molar-refractivity contribution is -0.137. The van der Waals surface area contributed by atoms with Gasteiger partial charge in [-0.05, 0) is 54.9 Å². The van der Waals surface area contributed by atoms with E-state index in [-0.39, 0.29) is 11.5 Å². The first-order valence-electron chi connectivity index (χ1n) is 10.0. The average Bonchev–Trinajstić information content (AvgIpc) is 2.58. The molecule has 4 nitrogen and oxygen atoms in total. The van der Waals surface area contributed by atoms with Crippen molar-refractivity contribution in [3.8, 4) is 0 Å². The van der Waals surface area contributed by atoms with Crippen LogP contribution in [0.5, 0.6) is 0 Å². The Bertz CT molecular complexity index is 579. The van der Waals surface area contributed by atoms with Crippen molar-refractivity contribution in [1.82, 2.24) is 4.98 Å². The summed E-state index contributed by atoms with van der Waals surface area (Å²) >= 11 is 0. The molecule has 1 aromatic rings. The second-order valence-corrected chi connectivity index (χ2v) is 13.6. The molecule has 1 rings (SSSR count). The first-order chi connectivity index (χ1) is 12.6. The van der Waals surface area contributed by atoms with Crippen molar-refractivity contribution in [1.29, 1.82) is 0 Å². The molecular formula is C22H37NO3Si. The van der Waals surface area contributed by atoms with E-state index in [4.69, 9.17) is 9.53 Å². The number of carboxylic acid groups (broad SMARTS) is 1. The SMILES string of the molecule is CC(C)(C)[Si](C)(C)OCCCC[C@H](CC=Cc1cccnc1)CCC(=O)O.